The Kier molecular flexibility index (Phi) is 5.87. The molecule has 0 radical (unpaired) electrons. The first-order valence-corrected chi connectivity index (χ1v) is 8.96. The number of piperidine rings is 1. The number of anilines is 2. The summed E-state index contributed by atoms with van der Waals surface area (Å²) in [7, 11) is 1.63. The summed E-state index contributed by atoms with van der Waals surface area (Å²) >= 11 is 1.32. The van der Waals surface area contributed by atoms with Gasteiger partial charge in [0.2, 0.25) is 11.1 Å². The Morgan fingerprint density at radius 3 is 3.00 bits per heavy atom. The molecule has 0 spiro atoms. The van der Waals surface area contributed by atoms with Crippen LogP contribution in [-0.4, -0.2) is 52.2 Å². The molecule has 0 aliphatic carbocycles. The molecule has 0 aromatic carbocycles. The van der Waals surface area contributed by atoms with Gasteiger partial charge in [0.05, 0.1) is 6.61 Å². The maximum Gasteiger partial charge on any atom is 0.433 e. The Labute approximate surface area is 152 Å². The van der Waals surface area contributed by atoms with Crippen molar-refractivity contribution in [3.05, 3.63) is 23.8 Å². The van der Waals surface area contributed by atoms with E-state index in [-0.39, 0.29) is 12.0 Å². The van der Waals surface area contributed by atoms with Gasteiger partial charge >= 0.3 is 6.18 Å². The second-order valence-electron chi connectivity index (χ2n) is 5.93. The van der Waals surface area contributed by atoms with Gasteiger partial charge in [0.1, 0.15) is 11.5 Å². The molecule has 3 heterocycles. The number of ether oxygens (including phenoxy) is 1. The van der Waals surface area contributed by atoms with Gasteiger partial charge in [0, 0.05) is 50.4 Å². The van der Waals surface area contributed by atoms with Gasteiger partial charge in [-0.2, -0.15) is 17.5 Å². The third-order valence-electron chi connectivity index (χ3n) is 3.96. The molecular weight excluding hydrogens is 369 g/mol. The summed E-state index contributed by atoms with van der Waals surface area (Å²) in [6, 6.07) is 0.805. The van der Waals surface area contributed by atoms with Gasteiger partial charge in [-0.3, -0.25) is 0 Å². The molecule has 7 nitrogen and oxygen atoms in total. The fraction of sp³-hybridized carbons (Fsp3) is 0.600. The highest BCUT2D eigenvalue weighted by molar-refractivity contribution is 7.09. The summed E-state index contributed by atoms with van der Waals surface area (Å²) in [6.07, 6.45) is -0.996. The average Bonchev–Trinajstić information content (AvgIpc) is 3.09. The Morgan fingerprint density at radius 1 is 1.38 bits per heavy atom. The van der Waals surface area contributed by atoms with E-state index in [2.05, 4.69) is 29.5 Å². The van der Waals surface area contributed by atoms with Crippen LogP contribution in [0.5, 0.6) is 0 Å². The minimum Gasteiger partial charge on any atom is -0.384 e. The standard InChI is InChI=1S/C15H19F3N6OS/c1-25-8-5-12-22-14(26-23-12)24-7-2-3-10(9-24)20-13-19-6-4-11(21-13)15(16,17)18/h4,6,10H,2-3,5,7-9H2,1H3,(H,19,20,21). The van der Waals surface area contributed by atoms with Crippen LogP contribution in [0.4, 0.5) is 24.3 Å². The molecule has 11 heteroatoms. The van der Waals surface area contributed by atoms with Crippen molar-refractivity contribution in [2.24, 2.45) is 0 Å². The lowest BCUT2D eigenvalue weighted by atomic mass is 10.1. The maximum atomic E-state index is 12.8. The summed E-state index contributed by atoms with van der Waals surface area (Å²) in [5.41, 5.74) is -0.949. The van der Waals surface area contributed by atoms with Crippen molar-refractivity contribution in [3.63, 3.8) is 0 Å². The number of nitrogens with one attached hydrogen (secondary N) is 1. The van der Waals surface area contributed by atoms with Crippen molar-refractivity contribution in [1.29, 1.82) is 0 Å². The van der Waals surface area contributed by atoms with E-state index in [1.54, 1.807) is 7.11 Å². The van der Waals surface area contributed by atoms with E-state index >= 15 is 0 Å². The van der Waals surface area contributed by atoms with Gasteiger partial charge in [-0.1, -0.05) is 0 Å². The summed E-state index contributed by atoms with van der Waals surface area (Å²) in [5.74, 6) is 0.730. The normalized spacial score (nSPS) is 18.2. The smallest absolute Gasteiger partial charge is 0.384 e. The van der Waals surface area contributed by atoms with Gasteiger partial charge in [-0.25, -0.2) is 15.0 Å². The molecule has 0 saturated carbocycles. The third kappa shape index (κ3) is 4.79. The van der Waals surface area contributed by atoms with Crippen LogP contribution in [-0.2, 0) is 17.3 Å². The van der Waals surface area contributed by atoms with Crippen molar-refractivity contribution < 1.29 is 17.9 Å². The molecule has 142 valence electrons. The fourth-order valence-electron chi connectivity index (χ4n) is 2.71. The largest absolute Gasteiger partial charge is 0.433 e. The van der Waals surface area contributed by atoms with E-state index < -0.39 is 11.9 Å². The first-order chi connectivity index (χ1) is 12.5. The SMILES string of the molecule is COCCc1nsc(N2CCCC(Nc3nccc(C(F)(F)F)n3)C2)n1. The van der Waals surface area contributed by atoms with E-state index in [4.69, 9.17) is 4.74 Å². The number of hydrogen-bond donors (Lipinski definition) is 1. The van der Waals surface area contributed by atoms with Crippen molar-refractivity contribution in [3.8, 4) is 0 Å². The molecule has 1 aliphatic heterocycles. The highest BCUT2D eigenvalue weighted by Crippen LogP contribution is 2.28. The number of rotatable bonds is 6. The lowest BCUT2D eigenvalue weighted by Gasteiger charge is -2.32. The summed E-state index contributed by atoms with van der Waals surface area (Å²) in [6.45, 7) is 2.01. The van der Waals surface area contributed by atoms with Gasteiger partial charge < -0.3 is 15.0 Å². The summed E-state index contributed by atoms with van der Waals surface area (Å²) in [5, 5.41) is 3.82. The van der Waals surface area contributed by atoms with Crippen LogP contribution in [0.15, 0.2) is 12.3 Å². The van der Waals surface area contributed by atoms with Crippen LogP contribution in [0.1, 0.15) is 24.4 Å². The first-order valence-electron chi connectivity index (χ1n) is 8.19. The average molecular weight is 388 g/mol. The van der Waals surface area contributed by atoms with E-state index in [1.807, 2.05) is 0 Å². The maximum absolute atomic E-state index is 12.8. The second-order valence-corrected chi connectivity index (χ2v) is 6.66. The van der Waals surface area contributed by atoms with Crippen LogP contribution in [0.2, 0.25) is 0 Å². The molecule has 2 aromatic heterocycles. The minimum absolute atomic E-state index is 0.00952. The van der Waals surface area contributed by atoms with E-state index in [0.717, 1.165) is 42.6 Å². The van der Waals surface area contributed by atoms with Crippen molar-refractivity contribution in [1.82, 2.24) is 19.3 Å². The molecule has 1 unspecified atom stereocenters. The van der Waals surface area contributed by atoms with Gasteiger partial charge in [-0.05, 0) is 18.9 Å². The predicted octanol–water partition coefficient (Wildman–Crippen LogP) is 2.62. The molecule has 1 fully saturated rings. The first kappa shape index (κ1) is 18.8. The van der Waals surface area contributed by atoms with Gasteiger partial charge in [-0.15, -0.1) is 0 Å². The van der Waals surface area contributed by atoms with Crippen LogP contribution < -0.4 is 10.2 Å². The van der Waals surface area contributed by atoms with Crippen molar-refractivity contribution >= 4 is 22.6 Å². The fourth-order valence-corrected chi connectivity index (χ4v) is 3.45. The Bertz CT molecular complexity index is 725. The highest BCUT2D eigenvalue weighted by atomic mass is 32.1. The molecule has 3 rings (SSSR count). The Hall–Kier alpha value is -2.01. The van der Waals surface area contributed by atoms with Crippen LogP contribution in [0, 0.1) is 0 Å². The second kappa shape index (κ2) is 8.12. The Morgan fingerprint density at radius 2 is 2.23 bits per heavy atom. The zero-order valence-corrected chi connectivity index (χ0v) is 15.0. The quantitative estimate of drug-likeness (QED) is 0.815. The lowest BCUT2D eigenvalue weighted by Crippen LogP contribution is -2.42. The number of halogens is 3. The molecule has 0 amide bonds. The van der Waals surface area contributed by atoms with Crippen molar-refractivity contribution in [2.45, 2.75) is 31.5 Å². The molecule has 0 bridgehead atoms. The number of methoxy groups -OCH3 is 1. The van der Waals surface area contributed by atoms with Gasteiger partial charge in [0.15, 0.2) is 0 Å². The zero-order chi connectivity index (χ0) is 18.6. The number of aromatic nitrogens is 4. The van der Waals surface area contributed by atoms with E-state index in [9.17, 15) is 13.2 Å². The number of hydrogen-bond acceptors (Lipinski definition) is 8. The highest BCUT2D eigenvalue weighted by Gasteiger charge is 2.33. The van der Waals surface area contributed by atoms with Crippen LogP contribution >= 0.6 is 11.5 Å². The number of nitrogens with zero attached hydrogens (tertiary/aromatic N) is 5. The summed E-state index contributed by atoms with van der Waals surface area (Å²) < 4.78 is 47.7. The molecule has 1 aliphatic rings. The predicted molar refractivity (Wildman–Crippen MR) is 91.4 cm³/mol. The third-order valence-corrected chi connectivity index (χ3v) is 4.77. The van der Waals surface area contributed by atoms with Crippen LogP contribution in [0.25, 0.3) is 0 Å². The summed E-state index contributed by atoms with van der Waals surface area (Å²) in [4.78, 5) is 14.1. The molecule has 1 atom stereocenters. The topological polar surface area (TPSA) is 76.1 Å². The zero-order valence-electron chi connectivity index (χ0n) is 14.2. The molecular formula is C15H19F3N6OS. The number of alkyl halides is 3. The monoisotopic (exact) mass is 388 g/mol. The Balaban J connectivity index is 1.63. The van der Waals surface area contributed by atoms with E-state index in [0.29, 0.717) is 19.6 Å². The molecule has 26 heavy (non-hydrogen) atoms. The lowest BCUT2D eigenvalue weighted by molar-refractivity contribution is -0.141. The van der Waals surface area contributed by atoms with Crippen molar-refractivity contribution in [2.75, 3.05) is 37.0 Å². The molecule has 1 saturated heterocycles. The van der Waals surface area contributed by atoms with Crippen LogP contribution in [0.3, 0.4) is 0 Å². The molecule has 2 aromatic rings. The molecule has 1 N–H and O–H groups in total. The minimum atomic E-state index is -4.48. The van der Waals surface area contributed by atoms with E-state index in [1.165, 1.54) is 11.5 Å². The van der Waals surface area contributed by atoms with Gasteiger partial charge in [0.25, 0.3) is 0 Å².